The molecule has 1 aliphatic heterocycles. The van der Waals surface area contributed by atoms with Crippen LogP contribution in [0, 0.1) is 5.82 Å². The predicted octanol–water partition coefficient (Wildman–Crippen LogP) is 3.63. The summed E-state index contributed by atoms with van der Waals surface area (Å²) in [6.45, 7) is 2.43. The first-order chi connectivity index (χ1) is 11.8. The SMILES string of the molecule is Cl.Fc1ccc(-c2nnc(-c3ccc(C4CNCCO4)cc3)o2)cc1. The van der Waals surface area contributed by atoms with Gasteiger partial charge in [-0.1, -0.05) is 12.1 Å². The Bertz CT molecular complexity index is 815. The zero-order valence-corrected chi connectivity index (χ0v) is 14.1. The molecule has 3 aromatic rings. The maximum atomic E-state index is 13.0. The zero-order valence-electron chi connectivity index (χ0n) is 13.3. The Kier molecular flexibility index (Phi) is 5.43. The van der Waals surface area contributed by atoms with Crippen LogP contribution in [0.15, 0.2) is 52.9 Å². The summed E-state index contributed by atoms with van der Waals surface area (Å²) in [5, 5.41) is 11.4. The van der Waals surface area contributed by atoms with Crippen molar-refractivity contribution in [3.05, 3.63) is 59.9 Å². The Morgan fingerprint density at radius 1 is 0.920 bits per heavy atom. The van der Waals surface area contributed by atoms with Crippen molar-refractivity contribution in [1.82, 2.24) is 15.5 Å². The minimum Gasteiger partial charge on any atom is -0.416 e. The second-order valence-corrected chi connectivity index (χ2v) is 5.60. The minimum atomic E-state index is -0.298. The van der Waals surface area contributed by atoms with Crippen LogP contribution in [0.3, 0.4) is 0 Å². The Labute approximate surface area is 150 Å². The molecule has 5 nitrogen and oxygen atoms in total. The molecule has 1 aliphatic rings. The van der Waals surface area contributed by atoms with E-state index in [0.29, 0.717) is 17.3 Å². The van der Waals surface area contributed by atoms with E-state index in [1.165, 1.54) is 12.1 Å². The standard InChI is InChI=1S/C18H16FN3O2.ClH/c19-15-7-5-14(6-8-15)18-22-21-17(24-18)13-3-1-12(2-4-13)16-11-20-9-10-23-16;/h1-8,16,20H,9-11H2;1H. The molecule has 1 aromatic heterocycles. The van der Waals surface area contributed by atoms with E-state index in [1.807, 2.05) is 24.3 Å². The van der Waals surface area contributed by atoms with Crippen molar-refractivity contribution >= 4 is 12.4 Å². The maximum Gasteiger partial charge on any atom is 0.248 e. The number of benzene rings is 2. The first-order valence-corrected chi connectivity index (χ1v) is 7.82. The molecule has 4 rings (SSSR count). The molecule has 0 bridgehead atoms. The topological polar surface area (TPSA) is 60.2 Å². The highest BCUT2D eigenvalue weighted by molar-refractivity contribution is 5.85. The lowest BCUT2D eigenvalue weighted by molar-refractivity contribution is 0.0277. The molecule has 1 saturated heterocycles. The molecule has 2 heterocycles. The van der Waals surface area contributed by atoms with Gasteiger partial charge in [0.15, 0.2) is 0 Å². The molecule has 0 aliphatic carbocycles. The highest BCUT2D eigenvalue weighted by Gasteiger charge is 2.16. The van der Waals surface area contributed by atoms with Gasteiger partial charge >= 0.3 is 0 Å². The maximum absolute atomic E-state index is 13.0. The molecule has 0 amide bonds. The van der Waals surface area contributed by atoms with Gasteiger partial charge in [0.05, 0.1) is 12.7 Å². The molecule has 1 fully saturated rings. The van der Waals surface area contributed by atoms with Gasteiger partial charge in [0.1, 0.15) is 5.82 Å². The van der Waals surface area contributed by atoms with Gasteiger partial charge in [-0.05, 0) is 42.0 Å². The number of nitrogens with one attached hydrogen (secondary N) is 1. The van der Waals surface area contributed by atoms with E-state index in [2.05, 4.69) is 15.5 Å². The van der Waals surface area contributed by atoms with E-state index in [-0.39, 0.29) is 24.3 Å². The van der Waals surface area contributed by atoms with Gasteiger partial charge in [-0.2, -0.15) is 0 Å². The first kappa shape index (κ1) is 17.5. The lowest BCUT2D eigenvalue weighted by atomic mass is 10.1. The molecule has 1 atom stereocenters. The van der Waals surface area contributed by atoms with Crippen molar-refractivity contribution in [1.29, 1.82) is 0 Å². The van der Waals surface area contributed by atoms with Crippen molar-refractivity contribution in [3.63, 3.8) is 0 Å². The average Bonchev–Trinajstić information content (AvgIpc) is 3.13. The van der Waals surface area contributed by atoms with Gasteiger partial charge in [0, 0.05) is 24.2 Å². The summed E-state index contributed by atoms with van der Waals surface area (Å²) < 4.78 is 24.4. The fourth-order valence-corrected chi connectivity index (χ4v) is 2.67. The Balaban J connectivity index is 0.00000182. The van der Waals surface area contributed by atoms with Crippen molar-refractivity contribution in [2.24, 2.45) is 0 Å². The highest BCUT2D eigenvalue weighted by Crippen LogP contribution is 2.26. The Hall–Kier alpha value is -2.28. The van der Waals surface area contributed by atoms with Gasteiger partial charge in [0.2, 0.25) is 11.8 Å². The molecule has 25 heavy (non-hydrogen) atoms. The number of aromatic nitrogens is 2. The normalized spacial score (nSPS) is 17.1. The third-order valence-electron chi connectivity index (χ3n) is 3.97. The van der Waals surface area contributed by atoms with Crippen molar-refractivity contribution in [2.75, 3.05) is 19.7 Å². The van der Waals surface area contributed by atoms with Crippen LogP contribution in [0.25, 0.3) is 22.9 Å². The summed E-state index contributed by atoms with van der Waals surface area (Å²) in [5.41, 5.74) is 2.64. The van der Waals surface area contributed by atoms with Crippen molar-refractivity contribution in [3.8, 4) is 22.9 Å². The third kappa shape index (κ3) is 3.87. The molecule has 7 heteroatoms. The van der Waals surface area contributed by atoms with Crippen LogP contribution in [0.5, 0.6) is 0 Å². The number of hydrogen-bond donors (Lipinski definition) is 1. The Morgan fingerprint density at radius 2 is 1.52 bits per heavy atom. The van der Waals surface area contributed by atoms with Gasteiger partial charge in [-0.25, -0.2) is 4.39 Å². The largest absolute Gasteiger partial charge is 0.416 e. The molecular formula is C18H17ClFN3O2. The number of hydrogen-bond acceptors (Lipinski definition) is 5. The first-order valence-electron chi connectivity index (χ1n) is 7.82. The molecule has 1 N–H and O–H groups in total. The summed E-state index contributed by atoms with van der Waals surface area (Å²) in [4.78, 5) is 0. The monoisotopic (exact) mass is 361 g/mol. The summed E-state index contributed by atoms with van der Waals surface area (Å²) in [5.74, 6) is 0.506. The quantitative estimate of drug-likeness (QED) is 0.772. The lowest BCUT2D eigenvalue weighted by Gasteiger charge is -2.23. The number of ether oxygens (including phenoxy) is 1. The van der Waals surface area contributed by atoms with Crippen molar-refractivity contribution < 1.29 is 13.5 Å². The number of morpholine rings is 1. The molecule has 2 aromatic carbocycles. The van der Waals surface area contributed by atoms with Crippen LogP contribution in [0.4, 0.5) is 4.39 Å². The highest BCUT2D eigenvalue weighted by atomic mass is 35.5. The summed E-state index contributed by atoms with van der Waals surface area (Å²) in [6, 6.07) is 13.9. The second-order valence-electron chi connectivity index (χ2n) is 5.60. The molecular weight excluding hydrogens is 345 g/mol. The van der Waals surface area contributed by atoms with E-state index >= 15 is 0 Å². The third-order valence-corrected chi connectivity index (χ3v) is 3.97. The van der Waals surface area contributed by atoms with E-state index in [0.717, 1.165) is 30.8 Å². The van der Waals surface area contributed by atoms with Crippen LogP contribution in [-0.2, 0) is 4.74 Å². The van der Waals surface area contributed by atoms with Gasteiger partial charge in [-0.3, -0.25) is 0 Å². The predicted molar refractivity (Wildman–Crippen MR) is 93.9 cm³/mol. The summed E-state index contributed by atoms with van der Waals surface area (Å²) >= 11 is 0. The van der Waals surface area contributed by atoms with E-state index in [4.69, 9.17) is 9.15 Å². The molecule has 0 radical (unpaired) electrons. The molecule has 0 spiro atoms. The Morgan fingerprint density at radius 3 is 2.08 bits per heavy atom. The second kappa shape index (κ2) is 7.74. The van der Waals surface area contributed by atoms with E-state index in [1.54, 1.807) is 12.1 Å². The molecule has 1 unspecified atom stereocenters. The number of halogens is 2. The van der Waals surface area contributed by atoms with Gasteiger partial charge in [0.25, 0.3) is 0 Å². The summed E-state index contributed by atoms with van der Waals surface area (Å²) in [7, 11) is 0. The lowest BCUT2D eigenvalue weighted by Crippen LogP contribution is -2.33. The fourth-order valence-electron chi connectivity index (χ4n) is 2.67. The van der Waals surface area contributed by atoms with Crippen LogP contribution in [0.1, 0.15) is 11.7 Å². The smallest absolute Gasteiger partial charge is 0.248 e. The van der Waals surface area contributed by atoms with E-state index in [9.17, 15) is 4.39 Å². The van der Waals surface area contributed by atoms with Crippen LogP contribution >= 0.6 is 12.4 Å². The van der Waals surface area contributed by atoms with Gasteiger partial charge in [-0.15, -0.1) is 22.6 Å². The fraction of sp³-hybridized carbons (Fsp3) is 0.222. The van der Waals surface area contributed by atoms with Crippen LogP contribution in [-0.4, -0.2) is 29.9 Å². The minimum absolute atomic E-state index is 0. The van der Waals surface area contributed by atoms with E-state index < -0.39 is 0 Å². The van der Waals surface area contributed by atoms with Gasteiger partial charge < -0.3 is 14.5 Å². The molecule has 130 valence electrons. The number of nitrogens with zero attached hydrogens (tertiary/aromatic N) is 2. The van der Waals surface area contributed by atoms with Crippen molar-refractivity contribution in [2.45, 2.75) is 6.10 Å². The molecule has 0 saturated carbocycles. The summed E-state index contributed by atoms with van der Waals surface area (Å²) in [6.07, 6.45) is 0.0743. The van der Waals surface area contributed by atoms with Crippen LogP contribution in [0.2, 0.25) is 0 Å². The van der Waals surface area contributed by atoms with Crippen LogP contribution < -0.4 is 5.32 Å². The zero-order chi connectivity index (χ0) is 16.4. The number of rotatable bonds is 3. The average molecular weight is 362 g/mol.